The standard InChI is InChI=1S/C14H14F2N4O2/c1-19-8-17-18-13(19)12(10-6-14(15,16)7-10)9-3-2-4-11(5-9)20(21)22/h2-5,8,10,12H,6-7H2,1H3. The summed E-state index contributed by atoms with van der Waals surface area (Å²) in [5.41, 5.74) is 0.557. The van der Waals surface area contributed by atoms with Crippen molar-refractivity contribution in [3.8, 4) is 0 Å². The maximum Gasteiger partial charge on any atom is 0.269 e. The molecule has 0 amide bonds. The highest BCUT2D eigenvalue weighted by molar-refractivity contribution is 5.39. The van der Waals surface area contributed by atoms with Gasteiger partial charge in [0.05, 0.1) is 4.92 Å². The van der Waals surface area contributed by atoms with E-state index in [4.69, 9.17) is 0 Å². The topological polar surface area (TPSA) is 73.8 Å². The third kappa shape index (κ3) is 2.56. The largest absolute Gasteiger partial charge is 0.320 e. The van der Waals surface area contributed by atoms with Gasteiger partial charge in [-0.15, -0.1) is 10.2 Å². The zero-order valence-corrected chi connectivity index (χ0v) is 11.8. The molecule has 8 heteroatoms. The van der Waals surface area contributed by atoms with E-state index in [1.807, 2.05) is 0 Å². The number of rotatable bonds is 4. The fourth-order valence-corrected chi connectivity index (χ4v) is 2.98. The number of nitrogens with zero attached hydrogens (tertiary/aromatic N) is 4. The molecule has 0 radical (unpaired) electrons. The lowest BCUT2D eigenvalue weighted by Gasteiger charge is -2.39. The first-order valence-electron chi connectivity index (χ1n) is 6.83. The van der Waals surface area contributed by atoms with Crippen LogP contribution in [0.4, 0.5) is 14.5 Å². The first-order chi connectivity index (χ1) is 10.4. The Morgan fingerprint density at radius 3 is 2.73 bits per heavy atom. The van der Waals surface area contributed by atoms with Gasteiger partial charge in [-0.2, -0.15) is 0 Å². The summed E-state index contributed by atoms with van der Waals surface area (Å²) in [6, 6.07) is 6.08. The molecule has 0 aliphatic heterocycles. The Hall–Kier alpha value is -2.38. The molecule has 6 nitrogen and oxygen atoms in total. The Balaban J connectivity index is 2.01. The third-order valence-corrected chi connectivity index (χ3v) is 4.06. The van der Waals surface area contributed by atoms with Crippen LogP contribution in [0.2, 0.25) is 0 Å². The van der Waals surface area contributed by atoms with Gasteiger partial charge in [0.15, 0.2) is 0 Å². The van der Waals surface area contributed by atoms with Crippen LogP contribution >= 0.6 is 0 Å². The summed E-state index contributed by atoms with van der Waals surface area (Å²) in [7, 11) is 1.73. The maximum absolute atomic E-state index is 13.3. The molecule has 1 unspecified atom stereocenters. The van der Waals surface area contributed by atoms with Crippen LogP contribution in [0.15, 0.2) is 30.6 Å². The van der Waals surface area contributed by atoms with Crippen molar-refractivity contribution in [2.24, 2.45) is 13.0 Å². The molecule has 1 atom stereocenters. The van der Waals surface area contributed by atoms with Gasteiger partial charge in [-0.1, -0.05) is 12.1 Å². The van der Waals surface area contributed by atoms with Gasteiger partial charge < -0.3 is 4.57 Å². The lowest BCUT2D eigenvalue weighted by Crippen LogP contribution is -2.39. The van der Waals surface area contributed by atoms with E-state index in [1.165, 1.54) is 18.5 Å². The lowest BCUT2D eigenvalue weighted by atomic mass is 9.70. The zero-order chi connectivity index (χ0) is 15.9. The quantitative estimate of drug-likeness (QED) is 0.643. The molecule has 0 spiro atoms. The van der Waals surface area contributed by atoms with Gasteiger partial charge in [-0.3, -0.25) is 10.1 Å². The summed E-state index contributed by atoms with van der Waals surface area (Å²) in [5, 5.41) is 18.7. The fourth-order valence-electron chi connectivity index (χ4n) is 2.98. The molecular formula is C14H14F2N4O2. The fraction of sp³-hybridized carbons (Fsp3) is 0.429. The second-order valence-electron chi connectivity index (χ2n) is 5.65. The lowest BCUT2D eigenvalue weighted by molar-refractivity contribution is -0.384. The van der Waals surface area contributed by atoms with E-state index in [0.29, 0.717) is 11.4 Å². The number of nitro groups is 1. The smallest absolute Gasteiger partial charge is 0.269 e. The van der Waals surface area contributed by atoms with Crippen molar-refractivity contribution in [2.45, 2.75) is 24.7 Å². The van der Waals surface area contributed by atoms with E-state index in [1.54, 1.807) is 23.7 Å². The molecule has 1 aliphatic rings. The summed E-state index contributed by atoms with van der Waals surface area (Å²) in [5.74, 6) is -2.85. The molecular weight excluding hydrogens is 294 g/mol. The van der Waals surface area contributed by atoms with Crippen molar-refractivity contribution < 1.29 is 13.7 Å². The number of non-ortho nitro benzene ring substituents is 1. The number of hydrogen-bond donors (Lipinski definition) is 0. The van der Waals surface area contributed by atoms with Gasteiger partial charge in [0.2, 0.25) is 5.92 Å². The Bertz CT molecular complexity index is 708. The van der Waals surface area contributed by atoms with Crippen LogP contribution in [-0.4, -0.2) is 25.6 Å². The number of aromatic nitrogens is 3. The molecule has 0 bridgehead atoms. The van der Waals surface area contributed by atoms with E-state index in [9.17, 15) is 18.9 Å². The van der Waals surface area contributed by atoms with E-state index < -0.39 is 16.8 Å². The molecule has 116 valence electrons. The molecule has 1 aromatic carbocycles. The molecule has 1 aliphatic carbocycles. The Kier molecular flexibility index (Phi) is 3.38. The van der Waals surface area contributed by atoms with Crippen molar-refractivity contribution in [1.82, 2.24) is 14.8 Å². The first-order valence-corrected chi connectivity index (χ1v) is 6.83. The van der Waals surface area contributed by atoms with Crippen molar-refractivity contribution in [3.63, 3.8) is 0 Å². The van der Waals surface area contributed by atoms with Gasteiger partial charge in [-0.05, 0) is 11.5 Å². The predicted octanol–water partition coefficient (Wildman–Crippen LogP) is 2.90. The van der Waals surface area contributed by atoms with E-state index >= 15 is 0 Å². The molecule has 2 aromatic rings. The second-order valence-corrected chi connectivity index (χ2v) is 5.65. The van der Waals surface area contributed by atoms with E-state index in [-0.39, 0.29) is 24.4 Å². The highest BCUT2D eigenvalue weighted by Crippen LogP contribution is 2.51. The summed E-state index contributed by atoms with van der Waals surface area (Å²) < 4.78 is 28.2. The van der Waals surface area contributed by atoms with Crippen molar-refractivity contribution >= 4 is 5.69 Å². The van der Waals surface area contributed by atoms with Crippen molar-refractivity contribution in [3.05, 3.63) is 52.1 Å². The predicted molar refractivity (Wildman–Crippen MR) is 73.6 cm³/mol. The van der Waals surface area contributed by atoms with E-state index in [2.05, 4.69) is 10.2 Å². The van der Waals surface area contributed by atoms with Crippen molar-refractivity contribution in [1.29, 1.82) is 0 Å². The summed E-state index contributed by atoms with van der Waals surface area (Å²) >= 11 is 0. The normalized spacial score (nSPS) is 18.7. The maximum atomic E-state index is 13.3. The molecule has 1 saturated carbocycles. The Morgan fingerprint density at radius 1 is 1.45 bits per heavy atom. The SMILES string of the molecule is Cn1cnnc1C(c1cccc([N+](=O)[O-])c1)C1CC(F)(F)C1. The minimum atomic E-state index is -2.66. The molecule has 22 heavy (non-hydrogen) atoms. The molecule has 1 heterocycles. The van der Waals surface area contributed by atoms with Crippen LogP contribution in [0.1, 0.15) is 30.1 Å². The monoisotopic (exact) mass is 308 g/mol. The molecule has 3 rings (SSSR count). The third-order valence-electron chi connectivity index (χ3n) is 4.06. The molecule has 0 N–H and O–H groups in total. The Morgan fingerprint density at radius 2 is 2.18 bits per heavy atom. The first kappa shape index (κ1) is 14.6. The second kappa shape index (κ2) is 5.11. The number of nitro benzene ring substituents is 1. The van der Waals surface area contributed by atoms with Crippen molar-refractivity contribution in [2.75, 3.05) is 0 Å². The zero-order valence-electron chi connectivity index (χ0n) is 11.8. The molecule has 1 fully saturated rings. The van der Waals surface area contributed by atoms with Gasteiger partial charge in [-0.25, -0.2) is 8.78 Å². The number of aryl methyl sites for hydroxylation is 1. The van der Waals surface area contributed by atoms with Crippen LogP contribution in [-0.2, 0) is 7.05 Å². The van der Waals surface area contributed by atoms with Crippen LogP contribution in [0.25, 0.3) is 0 Å². The molecule has 0 saturated heterocycles. The van der Waals surface area contributed by atoms with Crippen LogP contribution in [0.5, 0.6) is 0 Å². The van der Waals surface area contributed by atoms with Crippen LogP contribution in [0.3, 0.4) is 0 Å². The van der Waals surface area contributed by atoms with Gasteiger partial charge in [0.1, 0.15) is 12.2 Å². The van der Waals surface area contributed by atoms with Gasteiger partial charge in [0, 0.05) is 37.9 Å². The summed E-state index contributed by atoms with van der Waals surface area (Å²) in [6.45, 7) is 0. The minimum absolute atomic E-state index is 0.0595. The highest BCUT2D eigenvalue weighted by atomic mass is 19.3. The Labute approximate surface area is 124 Å². The number of hydrogen-bond acceptors (Lipinski definition) is 4. The number of benzene rings is 1. The average Bonchev–Trinajstić information content (AvgIpc) is 2.84. The van der Waals surface area contributed by atoms with Gasteiger partial charge >= 0.3 is 0 Å². The summed E-state index contributed by atoms with van der Waals surface area (Å²) in [6.07, 6.45) is 1.01. The number of halogens is 2. The number of alkyl halides is 2. The molecule has 1 aromatic heterocycles. The average molecular weight is 308 g/mol. The summed E-state index contributed by atoms with van der Waals surface area (Å²) in [4.78, 5) is 10.4. The minimum Gasteiger partial charge on any atom is -0.320 e. The van der Waals surface area contributed by atoms with Crippen LogP contribution < -0.4 is 0 Å². The highest BCUT2D eigenvalue weighted by Gasteiger charge is 2.50. The van der Waals surface area contributed by atoms with Crippen LogP contribution in [0, 0.1) is 16.0 Å². The van der Waals surface area contributed by atoms with E-state index in [0.717, 1.165) is 0 Å². The van der Waals surface area contributed by atoms with Gasteiger partial charge in [0.25, 0.3) is 5.69 Å².